The number of hydrogen-bond acceptors (Lipinski definition) is 4. The first kappa shape index (κ1) is 13.8. The van der Waals surface area contributed by atoms with Crippen LogP contribution in [0.2, 0.25) is 0 Å². The van der Waals surface area contributed by atoms with Crippen LogP contribution >= 0.6 is 0 Å². The molecule has 2 heterocycles. The Kier molecular flexibility index (Phi) is 3.75. The van der Waals surface area contributed by atoms with Gasteiger partial charge in [0.2, 0.25) is 0 Å². The lowest BCUT2D eigenvalue weighted by molar-refractivity contribution is 0.0699. The van der Waals surface area contributed by atoms with Crippen molar-refractivity contribution < 1.29 is 14.6 Å². The number of carbonyl (C=O) groups is 1. The molecule has 21 heavy (non-hydrogen) atoms. The number of ether oxygens (including phenoxy) is 1. The molecule has 1 N–H and O–H groups in total. The van der Waals surface area contributed by atoms with Crippen LogP contribution in [-0.4, -0.2) is 42.4 Å². The molecule has 2 aromatic rings. The maximum atomic E-state index is 11.3. The van der Waals surface area contributed by atoms with Crippen molar-refractivity contribution in [3.63, 3.8) is 0 Å². The number of fused-ring (bicyclic) bond motifs is 1. The van der Waals surface area contributed by atoms with Crippen molar-refractivity contribution in [2.45, 2.75) is 18.9 Å². The second-order valence-corrected chi connectivity index (χ2v) is 5.31. The summed E-state index contributed by atoms with van der Waals surface area (Å²) in [5, 5.41) is 9.99. The number of pyridine rings is 1. The third kappa shape index (κ3) is 2.69. The monoisotopic (exact) mass is 286 g/mol. The number of aromatic carboxylic acids is 1. The number of benzene rings is 1. The van der Waals surface area contributed by atoms with E-state index in [9.17, 15) is 9.90 Å². The van der Waals surface area contributed by atoms with Crippen LogP contribution in [0.3, 0.4) is 0 Å². The molecular formula is C16H18N2O3. The zero-order valence-electron chi connectivity index (χ0n) is 12.0. The van der Waals surface area contributed by atoms with Gasteiger partial charge in [-0.1, -0.05) is 0 Å². The Morgan fingerprint density at radius 3 is 3.05 bits per heavy atom. The fourth-order valence-electron chi connectivity index (χ4n) is 2.88. The average Bonchev–Trinajstić information content (AvgIpc) is 2.53. The molecular weight excluding hydrogens is 268 g/mol. The van der Waals surface area contributed by atoms with Crippen molar-refractivity contribution >= 4 is 22.6 Å². The zero-order valence-corrected chi connectivity index (χ0v) is 12.0. The highest BCUT2D eigenvalue weighted by molar-refractivity contribution is 6.03. The quantitative estimate of drug-likeness (QED) is 0.939. The molecule has 1 aromatic carbocycles. The van der Waals surface area contributed by atoms with Gasteiger partial charge in [-0.2, -0.15) is 0 Å². The van der Waals surface area contributed by atoms with Gasteiger partial charge in [-0.25, -0.2) is 4.79 Å². The lowest BCUT2D eigenvalue weighted by atomic mass is 10.0. The summed E-state index contributed by atoms with van der Waals surface area (Å²) in [4.78, 5) is 17.8. The van der Waals surface area contributed by atoms with Crippen LogP contribution in [-0.2, 0) is 4.74 Å². The van der Waals surface area contributed by atoms with Crippen molar-refractivity contribution in [3.05, 3.63) is 36.0 Å². The summed E-state index contributed by atoms with van der Waals surface area (Å²) in [6, 6.07) is 7.35. The highest BCUT2D eigenvalue weighted by Gasteiger charge is 2.20. The predicted molar refractivity (Wildman–Crippen MR) is 80.9 cm³/mol. The van der Waals surface area contributed by atoms with Gasteiger partial charge in [-0.05, 0) is 37.1 Å². The minimum Gasteiger partial charge on any atom is -0.478 e. The Balaban J connectivity index is 2.00. The molecule has 1 saturated heterocycles. The number of carboxylic acid groups (broad SMARTS) is 1. The third-order valence-corrected chi connectivity index (χ3v) is 4.03. The third-order valence-electron chi connectivity index (χ3n) is 4.03. The van der Waals surface area contributed by atoms with Crippen molar-refractivity contribution in [1.29, 1.82) is 0 Å². The number of anilines is 1. The molecule has 1 fully saturated rings. The summed E-state index contributed by atoms with van der Waals surface area (Å²) >= 11 is 0. The van der Waals surface area contributed by atoms with Gasteiger partial charge in [0.15, 0.2) is 0 Å². The van der Waals surface area contributed by atoms with Crippen LogP contribution in [0.15, 0.2) is 30.5 Å². The summed E-state index contributed by atoms with van der Waals surface area (Å²) in [6.45, 7) is 1.80. The number of hydrogen-bond donors (Lipinski definition) is 1. The van der Waals surface area contributed by atoms with Gasteiger partial charge in [-0.3, -0.25) is 4.98 Å². The van der Waals surface area contributed by atoms with Crippen LogP contribution in [0.25, 0.3) is 10.9 Å². The topological polar surface area (TPSA) is 62.7 Å². The summed E-state index contributed by atoms with van der Waals surface area (Å²) in [5.41, 5.74) is 2.03. The van der Waals surface area contributed by atoms with E-state index in [2.05, 4.69) is 9.88 Å². The SMILES string of the molecule is COC1CCCN(c2ccc3nccc(C(=O)O)c3c2)C1. The van der Waals surface area contributed by atoms with Crippen LogP contribution in [0.4, 0.5) is 5.69 Å². The van der Waals surface area contributed by atoms with Crippen molar-refractivity contribution in [2.24, 2.45) is 0 Å². The van der Waals surface area contributed by atoms with Crippen LogP contribution in [0.5, 0.6) is 0 Å². The Hall–Kier alpha value is -2.14. The molecule has 1 unspecified atom stereocenters. The Morgan fingerprint density at radius 1 is 1.43 bits per heavy atom. The second-order valence-electron chi connectivity index (χ2n) is 5.31. The lowest BCUT2D eigenvalue weighted by Crippen LogP contribution is -2.39. The molecule has 0 saturated carbocycles. The fraction of sp³-hybridized carbons (Fsp3) is 0.375. The smallest absolute Gasteiger partial charge is 0.336 e. The molecule has 1 aliphatic heterocycles. The Morgan fingerprint density at radius 2 is 2.29 bits per heavy atom. The molecule has 1 atom stereocenters. The maximum Gasteiger partial charge on any atom is 0.336 e. The van der Waals surface area contributed by atoms with Crippen LogP contribution in [0, 0.1) is 0 Å². The van der Waals surface area contributed by atoms with Crippen molar-refractivity contribution in [3.8, 4) is 0 Å². The second kappa shape index (κ2) is 5.69. The first-order valence-electron chi connectivity index (χ1n) is 7.09. The fourth-order valence-corrected chi connectivity index (χ4v) is 2.88. The van der Waals surface area contributed by atoms with Gasteiger partial charge in [0, 0.05) is 37.5 Å². The number of nitrogens with zero attached hydrogens (tertiary/aromatic N) is 2. The number of aromatic nitrogens is 1. The van der Waals surface area contributed by atoms with Gasteiger partial charge >= 0.3 is 5.97 Å². The van der Waals surface area contributed by atoms with Gasteiger partial charge in [0.25, 0.3) is 0 Å². The van der Waals surface area contributed by atoms with E-state index >= 15 is 0 Å². The molecule has 1 aromatic heterocycles. The molecule has 0 aliphatic carbocycles. The highest BCUT2D eigenvalue weighted by Crippen LogP contribution is 2.26. The maximum absolute atomic E-state index is 11.3. The number of rotatable bonds is 3. The van der Waals surface area contributed by atoms with E-state index in [4.69, 9.17) is 4.74 Å². The van der Waals surface area contributed by atoms with Gasteiger partial charge < -0.3 is 14.7 Å². The molecule has 0 radical (unpaired) electrons. The van der Waals surface area contributed by atoms with Crippen LogP contribution < -0.4 is 4.90 Å². The standard InChI is InChI=1S/C16H18N2O3/c1-21-12-3-2-8-18(10-12)11-4-5-15-14(9-11)13(16(19)20)6-7-17-15/h4-7,9,12H,2-3,8,10H2,1H3,(H,19,20). The molecule has 0 amide bonds. The van der Waals surface area contributed by atoms with E-state index in [-0.39, 0.29) is 6.10 Å². The molecule has 0 bridgehead atoms. The minimum atomic E-state index is -0.923. The molecule has 5 nitrogen and oxygen atoms in total. The molecule has 1 aliphatic rings. The van der Waals surface area contributed by atoms with Crippen molar-refractivity contribution in [1.82, 2.24) is 4.98 Å². The number of methoxy groups -OCH3 is 1. The summed E-state index contributed by atoms with van der Waals surface area (Å²) in [7, 11) is 1.74. The van der Waals surface area contributed by atoms with Crippen molar-refractivity contribution in [2.75, 3.05) is 25.1 Å². The van der Waals surface area contributed by atoms with Gasteiger partial charge in [-0.15, -0.1) is 0 Å². The van der Waals surface area contributed by atoms with E-state index in [0.29, 0.717) is 16.5 Å². The zero-order chi connectivity index (χ0) is 14.8. The number of piperidine rings is 1. The first-order chi connectivity index (χ1) is 10.2. The highest BCUT2D eigenvalue weighted by atomic mass is 16.5. The Bertz CT molecular complexity index is 672. The van der Waals surface area contributed by atoms with Gasteiger partial charge in [0.1, 0.15) is 0 Å². The predicted octanol–water partition coefficient (Wildman–Crippen LogP) is 2.55. The first-order valence-corrected chi connectivity index (χ1v) is 7.09. The van der Waals surface area contributed by atoms with Gasteiger partial charge in [0.05, 0.1) is 17.2 Å². The lowest BCUT2D eigenvalue weighted by Gasteiger charge is -2.33. The molecule has 5 heteroatoms. The average molecular weight is 286 g/mol. The number of carboxylic acids is 1. The van der Waals surface area contributed by atoms with E-state index in [1.807, 2.05) is 18.2 Å². The van der Waals surface area contributed by atoms with E-state index in [1.165, 1.54) is 6.20 Å². The van der Waals surface area contributed by atoms with E-state index in [0.717, 1.165) is 31.6 Å². The van der Waals surface area contributed by atoms with E-state index < -0.39 is 5.97 Å². The summed E-state index contributed by atoms with van der Waals surface area (Å²) in [6.07, 6.45) is 3.92. The minimum absolute atomic E-state index is 0.238. The molecule has 110 valence electrons. The largest absolute Gasteiger partial charge is 0.478 e. The van der Waals surface area contributed by atoms with Crippen LogP contribution in [0.1, 0.15) is 23.2 Å². The summed E-state index contributed by atoms with van der Waals surface area (Å²) < 4.78 is 5.44. The normalized spacial score (nSPS) is 18.9. The summed E-state index contributed by atoms with van der Waals surface area (Å²) in [5.74, 6) is -0.923. The molecule has 0 spiro atoms. The van der Waals surface area contributed by atoms with E-state index in [1.54, 1.807) is 13.2 Å². The molecule has 3 rings (SSSR count). The Labute approximate surface area is 123 Å².